The molecular formula is C26H32O. The zero-order valence-corrected chi connectivity index (χ0v) is 17.5. The zero-order valence-electron chi connectivity index (χ0n) is 17.5. The van der Waals surface area contributed by atoms with E-state index in [9.17, 15) is 4.79 Å². The summed E-state index contributed by atoms with van der Waals surface area (Å²) in [5.74, 6) is 0.121. The molecule has 0 unspecified atom stereocenters. The molecule has 0 N–H and O–H groups in total. The molecular weight excluding hydrogens is 328 g/mol. The average Bonchev–Trinajstić information content (AvgIpc) is 2.72. The van der Waals surface area contributed by atoms with Crippen LogP contribution >= 0.6 is 0 Å². The van der Waals surface area contributed by atoms with Crippen molar-refractivity contribution in [3.8, 4) is 0 Å². The number of benzene rings is 3. The fraction of sp³-hybridized carbons (Fsp3) is 0.269. The molecule has 3 aromatic carbocycles. The van der Waals surface area contributed by atoms with E-state index in [4.69, 9.17) is 0 Å². The molecule has 0 aromatic heterocycles. The lowest BCUT2D eigenvalue weighted by molar-refractivity contribution is 0.101. The van der Waals surface area contributed by atoms with Crippen LogP contribution in [0.2, 0.25) is 0 Å². The van der Waals surface area contributed by atoms with Gasteiger partial charge in [-0.2, -0.15) is 0 Å². The van der Waals surface area contributed by atoms with Crippen LogP contribution in [0.3, 0.4) is 0 Å². The molecule has 0 saturated heterocycles. The van der Waals surface area contributed by atoms with Gasteiger partial charge in [0.15, 0.2) is 5.78 Å². The smallest absolute Gasteiger partial charge is 0.159 e. The lowest BCUT2D eigenvalue weighted by Crippen LogP contribution is -2.18. The highest BCUT2D eigenvalue weighted by Crippen LogP contribution is 2.31. The van der Waals surface area contributed by atoms with E-state index >= 15 is 0 Å². The Morgan fingerprint density at radius 3 is 1.48 bits per heavy atom. The van der Waals surface area contributed by atoms with Crippen molar-refractivity contribution < 1.29 is 4.79 Å². The van der Waals surface area contributed by atoms with Crippen molar-refractivity contribution in [2.24, 2.45) is 0 Å². The summed E-state index contributed by atoms with van der Waals surface area (Å²) in [4.78, 5) is 10.6. The van der Waals surface area contributed by atoms with Crippen molar-refractivity contribution in [1.29, 1.82) is 0 Å². The van der Waals surface area contributed by atoms with Crippen molar-refractivity contribution in [3.05, 3.63) is 107 Å². The highest BCUT2D eigenvalue weighted by Gasteiger charge is 2.22. The van der Waals surface area contributed by atoms with Crippen LogP contribution in [0.5, 0.6) is 0 Å². The fourth-order valence-electron chi connectivity index (χ4n) is 2.66. The quantitative estimate of drug-likeness (QED) is 0.450. The van der Waals surface area contributed by atoms with Crippen molar-refractivity contribution in [3.63, 3.8) is 0 Å². The Hall–Kier alpha value is -2.67. The van der Waals surface area contributed by atoms with Gasteiger partial charge in [-0.15, -0.1) is 0 Å². The number of carbonyl (C=O) groups excluding carboxylic acids is 1. The van der Waals surface area contributed by atoms with Gasteiger partial charge in [0, 0.05) is 11.0 Å². The summed E-state index contributed by atoms with van der Waals surface area (Å²) in [6.07, 6.45) is 0. The summed E-state index contributed by atoms with van der Waals surface area (Å²) in [6.45, 7) is 12.2. The van der Waals surface area contributed by atoms with Crippen LogP contribution < -0.4 is 0 Å². The molecule has 0 fully saturated rings. The minimum absolute atomic E-state index is 0.0783. The van der Waals surface area contributed by atoms with Gasteiger partial charge < -0.3 is 0 Å². The maximum absolute atomic E-state index is 10.6. The molecule has 142 valence electrons. The van der Waals surface area contributed by atoms with Crippen molar-refractivity contribution >= 4 is 5.78 Å². The lowest BCUT2D eigenvalue weighted by Gasteiger charge is -2.26. The molecule has 0 atom stereocenters. The normalized spacial score (nSPS) is 10.0. The third kappa shape index (κ3) is 6.86. The third-order valence-electron chi connectivity index (χ3n) is 4.45. The molecule has 0 aliphatic carbocycles. The first-order valence-corrected chi connectivity index (χ1v) is 9.60. The van der Waals surface area contributed by atoms with Crippen LogP contribution in [0.15, 0.2) is 84.9 Å². The summed E-state index contributed by atoms with van der Waals surface area (Å²) in [7, 11) is 0. The molecule has 0 amide bonds. The largest absolute Gasteiger partial charge is 0.295 e. The van der Waals surface area contributed by atoms with E-state index in [2.05, 4.69) is 75.4 Å². The van der Waals surface area contributed by atoms with Gasteiger partial charge in [0.1, 0.15) is 0 Å². The summed E-state index contributed by atoms with van der Waals surface area (Å²) in [5.41, 5.74) is 4.89. The van der Waals surface area contributed by atoms with Crippen LogP contribution in [0.4, 0.5) is 0 Å². The molecule has 0 aliphatic rings. The average molecular weight is 361 g/mol. The molecule has 27 heavy (non-hydrogen) atoms. The molecule has 3 aromatic rings. The molecule has 1 nitrogen and oxygen atoms in total. The van der Waals surface area contributed by atoms with Crippen LogP contribution in [-0.4, -0.2) is 5.78 Å². The number of aryl methyl sites for hydroxylation is 1. The predicted octanol–water partition coefficient (Wildman–Crippen LogP) is 7.24. The maximum atomic E-state index is 10.6. The van der Waals surface area contributed by atoms with Gasteiger partial charge in [-0.3, -0.25) is 4.79 Å². The summed E-state index contributed by atoms with van der Waals surface area (Å²) in [6, 6.07) is 28.7. The Morgan fingerprint density at radius 1 is 0.667 bits per heavy atom. The molecule has 0 saturated carbocycles. The second-order valence-corrected chi connectivity index (χ2v) is 6.78. The van der Waals surface area contributed by atoms with Gasteiger partial charge in [0.25, 0.3) is 0 Å². The Labute approximate surface area is 165 Å². The van der Waals surface area contributed by atoms with Crippen molar-refractivity contribution in [2.75, 3.05) is 0 Å². The van der Waals surface area contributed by atoms with Crippen LogP contribution in [0, 0.1) is 6.92 Å². The lowest BCUT2D eigenvalue weighted by atomic mass is 9.78. The van der Waals surface area contributed by atoms with E-state index in [1.807, 2.05) is 44.2 Å². The molecule has 0 radical (unpaired) electrons. The second-order valence-electron chi connectivity index (χ2n) is 6.78. The maximum Gasteiger partial charge on any atom is 0.159 e. The van der Waals surface area contributed by atoms with Gasteiger partial charge >= 0.3 is 0 Å². The van der Waals surface area contributed by atoms with E-state index < -0.39 is 0 Å². The molecule has 0 heterocycles. The van der Waals surface area contributed by atoms with E-state index in [0.29, 0.717) is 0 Å². The Kier molecular flexibility index (Phi) is 9.22. The first kappa shape index (κ1) is 22.4. The van der Waals surface area contributed by atoms with Crippen LogP contribution in [-0.2, 0) is 5.41 Å². The third-order valence-corrected chi connectivity index (χ3v) is 4.45. The van der Waals surface area contributed by atoms with Gasteiger partial charge in [-0.25, -0.2) is 0 Å². The zero-order chi connectivity index (χ0) is 20.3. The predicted molar refractivity (Wildman–Crippen MR) is 118 cm³/mol. The number of ketones is 1. The first-order chi connectivity index (χ1) is 12.9. The monoisotopic (exact) mass is 360 g/mol. The van der Waals surface area contributed by atoms with Gasteiger partial charge in [-0.05, 0) is 25.0 Å². The van der Waals surface area contributed by atoms with E-state index in [1.54, 1.807) is 6.92 Å². The molecule has 1 heteroatoms. The highest BCUT2D eigenvalue weighted by atomic mass is 16.1. The summed E-state index contributed by atoms with van der Waals surface area (Å²) >= 11 is 0. The van der Waals surface area contributed by atoms with Crippen molar-refractivity contribution in [2.45, 2.75) is 47.0 Å². The Morgan fingerprint density at radius 2 is 1.07 bits per heavy atom. The highest BCUT2D eigenvalue weighted by molar-refractivity contribution is 5.93. The minimum Gasteiger partial charge on any atom is -0.295 e. The topological polar surface area (TPSA) is 17.1 Å². The van der Waals surface area contributed by atoms with Crippen LogP contribution in [0.1, 0.15) is 61.7 Å². The molecule has 0 aliphatic heterocycles. The minimum atomic E-state index is 0.0783. The molecule has 3 rings (SSSR count). The van der Waals surface area contributed by atoms with Gasteiger partial charge in [0.2, 0.25) is 0 Å². The second kappa shape index (κ2) is 11.1. The molecule has 0 spiro atoms. The summed E-state index contributed by atoms with van der Waals surface area (Å²) < 4.78 is 0. The van der Waals surface area contributed by atoms with E-state index in [0.717, 1.165) is 5.56 Å². The Bertz CT molecular complexity index is 785. The fourth-order valence-corrected chi connectivity index (χ4v) is 2.66. The Balaban J connectivity index is 0.000000282. The SMILES string of the molecule is CC.CC(=O)c1ccccc1.Cc1ccc(C(C)(C)c2ccccc2)cc1. The number of hydrogen-bond acceptors (Lipinski definition) is 1. The van der Waals surface area contributed by atoms with E-state index in [-0.39, 0.29) is 11.2 Å². The summed E-state index contributed by atoms with van der Waals surface area (Å²) in [5, 5.41) is 0. The van der Waals surface area contributed by atoms with Gasteiger partial charge in [0.05, 0.1) is 0 Å². The number of hydrogen-bond donors (Lipinski definition) is 0. The first-order valence-electron chi connectivity index (χ1n) is 9.60. The number of Topliss-reactive ketones (excluding diaryl/α,β-unsaturated/α-hetero) is 1. The molecule has 0 bridgehead atoms. The van der Waals surface area contributed by atoms with Crippen LogP contribution in [0.25, 0.3) is 0 Å². The van der Waals surface area contributed by atoms with Crippen molar-refractivity contribution in [1.82, 2.24) is 0 Å². The van der Waals surface area contributed by atoms with E-state index in [1.165, 1.54) is 16.7 Å². The number of carbonyl (C=O) groups is 1. The standard InChI is InChI=1S/C16H18.C8H8O.C2H6/c1-13-9-11-15(12-10-13)16(2,3)14-7-5-4-6-8-14;1-7(9)8-5-3-2-4-6-8;1-2/h4-12H,1-3H3;2-6H,1H3;1-2H3. The number of rotatable bonds is 3. The van der Waals surface area contributed by atoms with Gasteiger partial charge in [-0.1, -0.05) is 118 Å².